The molecule has 0 bridgehead atoms. The fourth-order valence-corrected chi connectivity index (χ4v) is 2.39. The first-order valence-corrected chi connectivity index (χ1v) is 7.41. The number of para-hydroxylation sites is 1. The molecule has 0 saturated heterocycles. The van der Waals surface area contributed by atoms with Crippen LogP contribution in [0.15, 0.2) is 37.7 Å². The second-order valence-electron chi connectivity index (χ2n) is 4.90. The van der Waals surface area contributed by atoms with E-state index in [0.29, 0.717) is 0 Å². The Morgan fingerprint density at radius 3 is 2.78 bits per heavy atom. The number of furan rings is 1. The molecule has 18 heavy (non-hydrogen) atoms. The van der Waals surface area contributed by atoms with Crippen LogP contribution < -0.4 is 0 Å². The van der Waals surface area contributed by atoms with Crippen molar-refractivity contribution in [3.05, 3.63) is 34.5 Å². The van der Waals surface area contributed by atoms with Crippen LogP contribution >= 0.6 is 15.9 Å². The van der Waals surface area contributed by atoms with Crippen molar-refractivity contribution < 1.29 is 8.63 Å². The van der Waals surface area contributed by atoms with Gasteiger partial charge in [0.2, 0.25) is 0 Å². The average molecular weight is 328 g/mol. The molecule has 3 nitrogen and oxygen atoms in total. The molecule has 2 aromatic rings. The zero-order valence-corrected chi connectivity index (χ0v) is 12.8. The van der Waals surface area contributed by atoms with Gasteiger partial charge in [-0.3, -0.25) is 0 Å². The summed E-state index contributed by atoms with van der Waals surface area (Å²) in [4.78, 5) is 0. The minimum Gasteiger partial charge on any atom is -0.462 e. The van der Waals surface area contributed by atoms with Gasteiger partial charge in [0.25, 0.3) is 0 Å². The third-order valence-electron chi connectivity index (χ3n) is 2.39. The molecular formula is C13H14BrNO2S. The van der Waals surface area contributed by atoms with E-state index in [1.54, 1.807) is 12.5 Å². The third kappa shape index (κ3) is 2.72. The van der Waals surface area contributed by atoms with Gasteiger partial charge in [0.05, 0.1) is 9.22 Å². The summed E-state index contributed by atoms with van der Waals surface area (Å²) in [5, 5.41) is 0.957. The van der Waals surface area contributed by atoms with Crippen molar-refractivity contribution in [1.29, 1.82) is 0 Å². The molecule has 0 aliphatic heterocycles. The normalized spacial score (nSPS) is 14.4. The minimum atomic E-state index is -1.25. The Morgan fingerprint density at radius 1 is 1.39 bits per heavy atom. The summed E-state index contributed by atoms with van der Waals surface area (Å²) in [5.74, 6) is 0. The van der Waals surface area contributed by atoms with Crippen LogP contribution in [-0.2, 0) is 11.0 Å². The highest BCUT2D eigenvalue weighted by atomic mass is 79.9. The quantitative estimate of drug-likeness (QED) is 0.780. The molecule has 1 aromatic heterocycles. The van der Waals surface area contributed by atoms with E-state index in [2.05, 4.69) is 20.3 Å². The van der Waals surface area contributed by atoms with Crippen LogP contribution in [0.3, 0.4) is 0 Å². The lowest BCUT2D eigenvalue weighted by Gasteiger charge is -2.12. The van der Waals surface area contributed by atoms with Gasteiger partial charge in [-0.25, -0.2) is 4.21 Å². The molecule has 0 spiro atoms. The first-order chi connectivity index (χ1) is 8.39. The summed E-state index contributed by atoms with van der Waals surface area (Å²) in [6, 6.07) is 5.80. The zero-order valence-electron chi connectivity index (χ0n) is 10.4. The summed E-state index contributed by atoms with van der Waals surface area (Å²) >= 11 is 3.42. The van der Waals surface area contributed by atoms with Gasteiger partial charge < -0.3 is 4.42 Å². The summed E-state index contributed by atoms with van der Waals surface area (Å²) in [6.45, 7) is 5.68. The largest absolute Gasteiger partial charge is 0.462 e. The third-order valence-corrected chi connectivity index (χ3v) is 4.36. The highest BCUT2D eigenvalue weighted by Crippen LogP contribution is 2.27. The number of hydrogen-bond donors (Lipinski definition) is 0. The Bertz CT molecular complexity index is 625. The van der Waals surface area contributed by atoms with Gasteiger partial charge in [0.1, 0.15) is 22.8 Å². The van der Waals surface area contributed by atoms with Crippen LogP contribution in [-0.4, -0.2) is 15.2 Å². The van der Waals surface area contributed by atoms with Crippen molar-refractivity contribution in [1.82, 2.24) is 0 Å². The molecule has 0 amide bonds. The van der Waals surface area contributed by atoms with Crippen molar-refractivity contribution in [2.45, 2.75) is 25.5 Å². The molecule has 1 heterocycles. The van der Waals surface area contributed by atoms with Gasteiger partial charge >= 0.3 is 0 Å². The number of benzene rings is 1. The number of nitrogens with zero attached hydrogens (tertiary/aromatic N) is 1. The van der Waals surface area contributed by atoms with Gasteiger partial charge in [-0.15, -0.1) is 0 Å². The molecule has 0 aliphatic carbocycles. The lowest BCUT2D eigenvalue weighted by molar-refractivity contribution is 0.613. The summed E-state index contributed by atoms with van der Waals surface area (Å²) in [5.41, 5.74) is 1.62. The fourth-order valence-electron chi connectivity index (χ4n) is 1.40. The number of halogens is 1. The average Bonchev–Trinajstić information content (AvgIpc) is 2.69. The van der Waals surface area contributed by atoms with Crippen molar-refractivity contribution in [3.63, 3.8) is 0 Å². The van der Waals surface area contributed by atoms with E-state index in [9.17, 15) is 4.21 Å². The number of rotatable bonds is 2. The van der Waals surface area contributed by atoms with Crippen molar-refractivity contribution in [2.24, 2.45) is 4.40 Å². The SMILES string of the molecule is CC(C)(C)[S@@](=O)N=Cc1coc2c(Br)cccc12. The summed E-state index contributed by atoms with van der Waals surface area (Å²) in [7, 11) is -1.25. The van der Waals surface area contributed by atoms with Crippen LogP contribution in [0.5, 0.6) is 0 Å². The first-order valence-electron chi connectivity index (χ1n) is 5.51. The van der Waals surface area contributed by atoms with E-state index in [4.69, 9.17) is 4.42 Å². The molecule has 5 heteroatoms. The molecule has 2 rings (SSSR count). The molecule has 1 aromatic carbocycles. The smallest absolute Gasteiger partial charge is 0.148 e. The Morgan fingerprint density at radius 2 is 2.11 bits per heavy atom. The highest BCUT2D eigenvalue weighted by molar-refractivity contribution is 9.10. The van der Waals surface area contributed by atoms with Crippen molar-refractivity contribution in [2.75, 3.05) is 0 Å². The Hall–Kier alpha value is -0.940. The maximum Gasteiger partial charge on any atom is 0.148 e. The van der Waals surface area contributed by atoms with Crippen LogP contribution in [0.25, 0.3) is 11.0 Å². The van der Waals surface area contributed by atoms with Crippen LogP contribution in [0.2, 0.25) is 0 Å². The maximum absolute atomic E-state index is 11.8. The van der Waals surface area contributed by atoms with Gasteiger partial charge in [-0.2, -0.15) is 4.40 Å². The molecule has 0 saturated carbocycles. The van der Waals surface area contributed by atoms with Gasteiger partial charge in [-0.1, -0.05) is 12.1 Å². The molecule has 0 radical (unpaired) electrons. The molecule has 96 valence electrons. The topological polar surface area (TPSA) is 42.6 Å². The Kier molecular flexibility index (Phi) is 3.73. The summed E-state index contributed by atoms with van der Waals surface area (Å²) in [6.07, 6.45) is 3.23. The second kappa shape index (κ2) is 4.97. The molecule has 0 unspecified atom stereocenters. The predicted octanol–water partition coefficient (Wildman–Crippen LogP) is 4.08. The van der Waals surface area contributed by atoms with Crippen LogP contribution in [0.4, 0.5) is 0 Å². The molecular weight excluding hydrogens is 314 g/mol. The standard InChI is InChI=1S/C13H14BrNO2S/c1-13(2,3)18(16)15-7-9-8-17-12-10(9)5-4-6-11(12)14/h4-8H,1-3H3/t18-/m1/s1. The first kappa shape index (κ1) is 13.5. The van der Waals surface area contributed by atoms with Gasteiger partial charge in [0.15, 0.2) is 0 Å². The number of hydrogen-bond acceptors (Lipinski definition) is 2. The Balaban J connectivity index is 2.36. The van der Waals surface area contributed by atoms with E-state index >= 15 is 0 Å². The molecule has 0 N–H and O–H groups in total. The molecule has 0 aliphatic rings. The maximum atomic E-state index is 11.8. The van der Waals surface area contributed by atoms with E-state index in [0.717, 1.165) is 21.0 Å². The van der Waals surface area contributed by atoms with Gasteiger partial charge in [0, 0.05) is 17.2 Å². The Labute approximate surface area is 117 Å². The van der Waals surface area contributed by atoms with Crippen molar-refractivity contribution in [3.8, 4) is 0 Å². The summed E-state index contributed by atoms with van der Waals surface area (Å²) < 4.78 is 21.9. The fraction of sp³-hybridized carbons (Fsp3) is 0.308. The zero-order chi connectivity index (χ0) is 13.3. The van der Waals surface area contributed by atoms with E-state index in [1.807, 2.05) is 39.0 Å². The van der Waals surface area contributed by atoms with Crippen molar-refractivity contribution >= 4 is 44.1 Å². The second-order valence-corrected chi connectivity index (χ2v) is 7.69. The van der Waals surface area contributed by atoms with Crippen LogP contribution in [0, 0.1) is 0 Å². The molecule has 1 atom stereocenters. The van der Waals surface area contributed by atoms with E-state index < -0.39 is 11.0 Å². The highest BCUT2D eigenvalue weighted by Gasteiger charge is 2.18. The lowest BCUT2D eigenvalue weighted by Crippen LogP contribution is -2.19. The predicted molar refractivity (Wildman–Crippen MR) is 79.4 cm³/mol. The lowest BCUT2D eigenvalue weighted by atomic mass is 10.2. The van der Waals surface area contributed by atoms with E-state index in [1.165, 1.54) is 0 Å². The van der Waals surface area contributed by atoms with Crippen LogP contribution in [0.1, 0.15) is 26.3 Å². The minimum absolute atomic E-state index is 0.351. The molecule has 0 fully saturated rings. The van der Waals surface area contributed by atoms with Gasteiger partial charge in [-0.05, 0) is 42.8 Å². The van der Waals surface area contributed by atoms with E-state index in [-0.39, 0.29) is 4.75 Å². The number of fused-ring (bicyclic) bond motifs is 1. The monoisotopic (exact) mass is 327 g/mol.